The lowest BCUT2D eigenvalue weighted by molar-refractivity contribution is 0.161. The van der Waals surface area contributed by atoms with Crippen LogP contribution in [0.1, 0.15) is 31.7 Å². The first-order chi connectivity index (χ1) is 7.93. The van der Waals surface area contributed by atoms with Crippen molar-refractivity contribution in [2.24, 2.45) is 0 Å². The zero-order valence-corrected chi connectivity index (χ0v) is 11.8. The van der Waals surface area contributed by atoms with E-state index in [9.17, 15) is 5.11 Å². The first kappa shape index (κ1) is 14.5. The molecule has 1 aromatic heterocycles. The average molecular weight is 260 g/mol. The van der Waals surface area contributed by atoms with Crippen molar-refractivity contribution in [2.45, 2.75) is 46.2 Å². The number of hydrogen-bond acceptors (Lipinski definition) is 3. The molecule has 0 saturated heterocycles. The van der Waals surface area contributed by atoms with Gasteiger partial charge in [0.2, 0.25) is 0 Å². The molecule has 0 aliphatic heterocycles. The number of hydrogen-bond donors (Lipinski definition) is 2. The number of nitrogens with zero attached hydrogens (tertiary/aromatic N) is 2. The summed E-state index contributed by atoms with van der Waals surface area (Å²) in [5.41, 5.74) is 1.59. The molecule has 0 fully saturated rings. The van der Waals surface area contributed by atoms with Gasteiger partial charge in [0.05, 0.1) is 23.0 Å². The van der Waals surface area contributed by atoms with Crippen molar-refractivity contribution in [1.29, 1.82) is 0 Å². The Morgan fingerprint density at radius 1 is 1.47 bits per heavy atom. The summed E-state index contributed by atoms with van der Waals surface area (Å²) in [5.74, 6) is 0. The highest BCUT2D eigenvalue weighted by molar-refractivity contribution is 6.31. The molecule has 0 aromatic carbocycles. The summed E-state index contributed by atoms with van der Waals surface area (Å²) >= 11 is 6.10. The van der Waals surface area contributed by atoms with E-state index in [1.165, 1.54) is 0 Å². The SMILES string of the molecule is CCNC(C)(CO)CCn1nc(C)c(Cl)c1C. The molecule has 0 spiro atoms. The molecule has 0 bridgehead atoms. The predicted octanol–water partition coefficient (Wildman–Crippen LogP) is 1.90. The second-order valence-corrected chi connectivity index (χ2v) is 5.09. The molecule has 17 heavy (non-hydrogen) atoms. The van der Waals surface area contributed by atoms with Crippen molar-refractivity contribution in [3.05, 3.63) is 16.4 Å². The normalized spacial score (nSPS) is 14.9. The van der Waals surface area contributed by atoms with Crippen molar-refractivity contribution in [1.82, 2.24) is 15.1 Å². The third kappa shape index (κ3) is 3.44. The van der Waals surface area contributed by atoms with E-state index in [0.29, 0.717) is 0 Å². The summed E-state index contributed by atoms with van der Waals surface area (Å²) in [6, 6.07) is 0. The van der Waals surface area contributed by atoms with Crippen LogP contribution in [0.15, 0.2) is 0 Å². The maximum atomic E-state index is 9.41. The Morgan fingerprint density at radius 2 is 2.12 bits per heavy atom. The van der Waals surface area contributed by atoms with Crippen molar-refractivity contribution < 1.29 is 5.11 Å². The van der Waals surface area contributed by atoms with E-state index >= 15 is 0 Å². The number of rotatable bonds is 6. The zero-order chi connectivity index (χ0) is 13.1. The summed E-state index contributed by atoms with van der Waals surface area (Å²) < 4.78 is 1.91. The summed E-state index contributed by atoms with van der Waals surface area (Å²) in [6.45, 7) is 9.64. The first-order valence-corrected chi connectivity index (χ1v) is 6.36. The number of aliphatic hydroxyl groups excluding tert-OH is 1. The van der Waals surface area contributed by atoms with Gasteiger partial charge in [0.15, 0.2) is 0 Å². The Hall–Kier alpha value is -0.580. The number of aliphatic hydroxyl groups is 1. The Labute approximate surface area is 108 Å². The van der Waals surface area contributed by atoms with Gasteiger partial charge in [0.25, 0.3) is 0 Å². The smallest absolute Gasteiger partial charge is 0.0844 e. The van der Waals surface area contributed by atoms with Gasteiger partial charge < -0.3 is 10.4 Å². The van der Waals surface area contributed by atoms with Crippen LogP contribution >= 0.6 is 11.6 Å². The van der Waals surface area contributed by atoms with Gasteiger partial charge in [-0.25, -0.2) is 0 Å². The van der Waals surface area contributed by atoms with E-state index in [1.807, 2.05) is 32.4 Å². The summed E-state index contributed by atoms with van der Waals surface area (Å²) in [5, 5.41) is 17.8. The van der Waals surface area contributed by atoms with Crippen LogP contribution in [0, 0.1) is 13.8 Å². The quantitative estimate of drug-likeness (QED) is 0.821. The number of likely N-dealkylation sites (N-methyl/N-ethyl adjacent to an activating group) is 1. The molecule has 1 atom stereocenters. The van der Waals surface area contributed by atoms with Crippen molar-refractivity contribution in [3.8, 4) is 0 Å². The van der Waals surface area contributed by atoms with Crippen LogP contribution in [-0.2, 0) is 6.54 Å². The maximum Gasteiger partial charge on any atom is 0.0844 e. The largest absolute Gasteiger partial charge is 0.394 e. The molecule has 1 rings (SSSR count). The molecule has 0 amide bonds. The Morgan fingerprint density at radius 3 is 2.53 bits per heavy atom. The second kappa shape index (κ2) is 5.85. The third-order valence-corrected chi connectivity index (χ3v) is 3.67. The van der Waals surface area contributed by atoms with E-state index in [2.05, 4.69) is 10.4 Å². The van der Waals surface area contributed by atoms with E-state index in [-0.39, 0.29) is 12.1 Å². The van der Waals surface area contributed by atoms with Crippen LogP contribution in [-0.4, -0.2) is 33.6 Å². The topological polar surface area (TPSA) is 50.1 Å². The number of nitrogens with one attached hydrogen (secondary N) is 1. The molecule has 0 radical (unpaired) electrons. The molecule has 1 heterocycles. The van der Waals surface area contributed by atoms with E-state index in [1.54, 1.807) is 0 Å². The van der Waals surface area contributed by atoms with Gasteiger partial charge in [-0.15, -0.1) is 0 Å². The van der Waals surface area contributed by atoms with Gasteiger partial charge in [-0.05, 0) is 33.7 Å². The summed E-state index contributed by atoms with van der Waals surface area (Å²) in [6.07, 6.45) is 0.815. The van der Waals surface area contributed by atoms with E-state index in [0.717, 1.165) is 35.9 Å². The number of halogens is 1. The lowest BCUT2D eigenvalue weighted by Gasteiger charge is -2.28. The first-order valence-electron chi connectivity index (χ1n) is 5.99. The molecule has 0 saturated carbocycles. The molecule has 98 valence electrons. The van der Waals surface area contributed by atoms with Crippen molar-refractivity contribution in [2.75, 3.05) is 13.2 Å². The minimum absolute atomic E-state index is 0.119. The lowest BCUT2D eigenvalue weighted by Crippen LogP contribution is -2.46. The van der Waals surface area contributed by atoms with Gasteiger partial charge in [-0.2, -0.15) is 5.10 Å². The fourth-order valence-electron chi connectivity index (χ4n) is 1.90. The van der Waals surface area contributed by atoms with Crippen LogP contribution in [0.2, 0.25) is 5.02 Å². The van der Waals surface area contributed by atoms with Crippen LogP contribution in [0.3, 0.4) is 0 Å². The monoisotopic (exact) mass is 259 g/mol. The molecule has 1 aromatic rings. The fourth-order valence-corrected chi connectivity index (χ4v) is 2.03. The molecule has 1 unspecified atom stereocenters. The molecule has 2 N–H and O–H groups in total. The molecule has 0 aliphatic rings. The van der Waals surface area contributed by atoms with Gasteiger partial charge in [0.1, 0.15) is 0 Å². The average Bonchev–Trinajstić information content (AvgIpc) is 2.55. The Kier molecular flexibility index (Phi) is 4.98. The number of aromatic nitrogens is 2. The Bertz CT molecular complexity index is 378. The summed E-state index contributed by atoms with van der Waals surface area (Å²) in [7, 11) is 0. The highest BCUT2D eigenvalue weighted by atomic mass is 35.5. The second-order valence-electron chi connectivity index (χ2n) is 4.71. The molecule has 0 aliphatic carbocycles. The highest BCUT2D eigenvalue weighted by Crippen LogP contribution is 2.20. The molecule has 5 heteroatoms. The van der Waals surface area contributed by atoms with Crippen LogP contribution < -0.4 is 5.32 Å². The molecular formula is C12H22ClN3O. The van der Waals surface area contributed by atoms with E-state index in [4.69, 9.17) is 11.6 Å². The van der Waals surface area contributed by atoms with Gasteiger partial charge in [0, 0.05) is 12.1 Å². The fraction of sp³-hybridized carbons (Fsp3) is 0.750. The van der Waals surface area contributed by atoms with Gasteiger partial charge in [-0.1, -0.05) is 18.5 Å². The third-order valence-electron chi connectivity index (χ3n) is 3.12. The van der Waals surface area contributed by atoms with Crippen molar-refractivity contribution in [3.63, 3.8) is 0 Å². The standard InChI is InChI=1S/C12H22ClN3O/c1-5-14-12(4,8-17)6-7-16-10(3)11(13)9(2)15-16/h14,17H,5-8H2,1-4H3. The minimum Gasteiger partial charge on any atom is -0.394 e. The van der Waals surface area contributed by atoms with Crippen LogP contribution in [0.5, 0.6) is 0 Å². The lowest BCUT2D eigenvalue weighted by atomic mass is 9.99. The predicted molar refractivity (Wildman–Crippen MR) is 70.5 cm³/mol. The highest BCUT2D eigenvalue weighted by Gasteiger charge is 2.22. The van der Waals surface area contributed by atoms with Crippen LogP contribution in [0.25, 0.3) is 0 Å². The van der Waals surface area contributed by atoms with Crippen LogP contribution in [0.4, 0.5) is 0 Å². The Balaban J connectivity index is 2.69. The minimum atomic E-state index is -0.256. The van der Waals surface area contributed by atoms with E-state index < -0.39 is 0 Å². The number of aryl methyl sites for hydroxylation is 2. The van der Waals surface area contributed by atoms with Gasteiger partial charge >= 0.3 is 0 Å². The zero-order valence-electron chi connectivity index (χ0n) is 11.0. The maximum absolute atomic E-state index is 9.41. The molecular weight excluding hydrogens is 238 g/mol. The molecule has 4 nitrogen and oxygen atoms in total. The summed E-state index contributed by atoms with van der Waals surface area (Å²) in [4.78, 5) is 0. The van der Waals surface area contributed by atoms with Gasteiger partial charge in [-0.3, -0.25) is 4.68 Å². The van der Waals surface area contributed by atoms with Crippen molar-refractivity contribution >= 4 is 11.6 Å².